The number of carbonyl (C=O) groups excluding carboxylic acids is 1. The summed E-state index contributed by atoms with van der Waals surface area (Å²) < 4.78 is 0. The lowest BCUT2D eigenvalue weighted by atomic mass is 9.86. The molecule has 1 aliphatic carbocycles. The van der Waals surface area contributed by atoms with E-state index >= 15 is 0 Å². The topological polar surface area (TPSA) is 44.7 Å². The van der Waals surface area contributed by atoms with E-state index in [4.69, 9.17) is 4.99 Å². The highest BCUT2D eigenvalue weighted by atomic mass is 16.2. The number of hydrogen-bond acceptors (Lipinski definition) is 3. The molecule has 0 spiro atoms. The van der Waals surface area contributed by atoms with Crippen LogP contribution in [0.5, 0.6) is 0 Å². The highest BCUT2D eigenvalue weighted by Gasteiger charge is 2.44. The lowest BCUT2D eigenvalue weighted by Crippen LogP contribution is -2.46. The van der Waals surface area contributed by atoms with Crippen molar-refractivity contribution in [3.8, 4) is 0 Å². The Balaban J connectivity index is 1.59. The number of hydrogen-bond donors (Lipinski definition) is 1. The highest BCUT2D eigenvalue weighted by Crippen LogP contribution is 2.52. The van der Waals surface area contributed by atoms with Crippen LogP contribution in [0.25, 0.3) is 0 Å². The molecule has 4 nitrogen and oxygen atoms in total. The van der Waals surface area contributed by atoms with E-state index in [1.807, 2.05) is 18.4 Å². The Labute approximate surface area is 217 Å². The minimum Gasteiger partial charge on any atom is -0.333 e. The summed E-state index contributed by atoms with van der Waals surface area (Å²) >= 11 is 0. The van der Waals surface area contributed by atoms with Crippen LogP contribution < -0.4 is 5.32 Å². The molecular weight excluding hydrogens is 442 g/mol. The second kappa shape index (κ2) is 11.0. The fourth-order valence-electron chi connectivity index (χ4n) is 5.81. The molecule has 3 fully saturated rings. The molecule has 1 aromatic carbocycles. The molecule has 1 saturated carbocycles. The molecule has 190 valence electrons. The standard InChI is InChI=1S/C32H41N3O/c1-7-10-22(4)15-23(5)25(8-2)19-33-24(6)16-27-17-26(11-12-30(27)32(9-3)13-14-32)31(36)35-21-28-18-29(35)20-34-28/h7-8,10-12,15,17,19,28-29,34H,1-2,9,13-14,16,18,20-21H2,3-6H3/b22-10-,23-15+,25-19+,33-24?/t28-,29?/m0/s1. The first-order valence-corrected chi connectivity index (χ1v) is 13.3. The molecule has 2 saturated heterocycles. The zero-order valence-electron chi connectivity index (χ0n) is 22.4. The largest absolute Gasteiger partial charge is 0.333 e. The van der Waals surface area contributed by atoms with Crippen molar-refractivity contribution in [2.75, 3.05) is 13.1 Å². The Morgan fingerprint density at radius 3 is 2.61 bits per heavy atom. The molecule has 3 aliphatic rings. The second-order valence-electron chi connectivity index (χ2n) is 10.8. The van der Waals surface area contributed by atoms with E-state index in [2.05, 4.69) is 75.3 Å². The van der Waals surface area contributed by atoms with E-state index in [0.29, 0.717) is 12.1 Å². The number of nitrogens with zero attached hydrogens (tertiary/aromatic N) is 2. The average Bonchev–Trinajstić information content (AvgIpc) is 3.36. The minimum absolute atomic E-state index is 0.172. The maximum atomic E-state index is 13.4. The lowest BCUT2D eigenvalue weighted by Gasteiger charge is -2.28. The summed E-state index contributed by atoms with van der Waals surface area (Å²) in [6, 6.07) is 7.24. The first kappa shape index (κ1) is 26.1. The Morgan fingerprint density at radius 1 is 1.25 bits per heavy atom. The van der Waals surface area contributed by atoms with Gasteiger partial charge in [-0.15, -0.1) is 0 Å². The summed E-state index contributed by atoms with van der Waals surface area (Å²) in [6.07, 6.45) is 15.1. The van der Waals surface area contributed by atoms with Gasteiger partial charge in [-0.05, 0) is 86.3 Å². The van der Waals surface area contributed by atoms with Crippen LogP contribution in [0.2, 0.25) is 0 Å². The molecule has 4 heteroatoms. The third kappa shape index (κ3) is 5.54. The number of aliphatic imine (C=N–C) groups is 1. The maximum Gasteiger partial charge on any atom is 0.254 e. The van der Waals surface area contributed by atoms with Crippen molar-refractivity contribution in [3.63, 3.8) is 0 Å². The number of nitrogens with one attached hydrogen (secondary N) is 1. The molecule has 1 amide bonds. The van der Waals surface area contributed by atoms with Gasteiger partial charge < -0.3 is 10.2 Å². The van der Waals surface area contributed by atoms with Crippen LogP contribution >= 0.6 is 0 Å². The molecule has 2 bridgehead atoms. The fraction of sp³-hybridized carbons (Fsp3) is 0.438. The number of amides is 1. The van der Waals surface area contributed by atoms with Gasteiger partial charge in [0.05, 0.1) is 0 Å². The summed E-state index contributed by atoms with van der Waals surface area (Å²) in [5, 5.41) is 3.49. The summed E-state index contributed by atoms with van der Waals surface area (Å²) in [5.41, 5.74) is 8.00. The Bertz CT molecular complexity index is 1160. The second-order valence-corrected chi connectivity index (χ2v) is 10.8. The monoisotopic (exact) mass is 483 g/mol. The molecule has 0 aromatic heterocycles. The molecular formula is C32H41N3O. The number of allylic oxidation sites excluding steroid dienone is 7. The number of piperazine rings is 1. The quantitative estimate of drug-likeness (QED) is 0.306. The van der Waals surface area contributed by atoms with Crippen molar-refractivity contribution in [3.05, 3.63) is 95.3 Å². The van der Waals surface area contributed by atoms with Crippen molar-refractivity contribution in [2.24, 2.45) is 4.99 Å². The number of rotatable bonds is 10. The lowest BCUT2D eigenvalue weighted by molar-refractivity contribution is 0.0716. The van der Waals surface area contributed by atoms with Gasteiger partial charge in [0.15, 0.2) is 0 Å². The normalized spacial score (nSPS) is 23.7. The van der Waals surface area contributed by atoms with Crippen LogP contribution in [0.1, 0.15) is 74.9 Å². The molecule has 2 aliphatic heterocycles. The third-order valence-corrected chi connectivity index (χ3v) is 8.14. The van der Waals surface area contributed by atoms with E-state index in [0.717, 1.165) is 60.3 Å². The Kier molecular flexibility index (Phi) is 7.94. The van der Waals surface area contributed by atoms with Crippen LogP contribution in [0.15, 0.2) is 83.6 Å². The van der Waals surface area contributed by atoms with E-state index in [1.165, 1.54) is 24.0 Å². The zero-order chi connectivity index (χ0) is 25.9. The van der Waals surface area contributed by atoms with Gasteiger partial charge in [-0.2, -0.15) is 0 Å². The zero-order valence-corrected chi connectivity index (χ0v) is 22.4. The Hall–Kier alpha value is -2.98. The van der Waals surface area contributed by atoms with Crippen LogP contribution in [-0.4, -0.2) is 41.7 Å². The summed E-state index contributed by atoms with van der Waals surface area (Å²) in [4.78, 5) is 20.3. The van der Waals surface area contributed by atoms with Gasteiger partial charge in [-0.1, -0.05) is 56.0 Å². The van der Waals surface area contributed by atoms with Gasteiger partial charge in [-0.25, -0.2) is 0 Å². The Morgan fingerprint density at radius 2 is 2.03 bits per heavy atom. The van der Waals surface area contributed by atoms with Crippen LogP contribution in [0, 0.1) is 0 Å². The number of fused-ring (bicyclic) bond motifs is 2. The van der Waals surface area contributed by atoms with Gasteiger partial charge in [0.1, 0.15) is 0 Å². The maximum absolute atomic E-state index is 13.4. The van der Waals surface area contributed by atoms with Crippen molar-refractivity contribution in [1.29, 1.82) is 0 Å². The van der Waals surface area contributed by atoms with Gasteiger partial charge >= 0.3 is 0 Å². The predicted molar refractivity (Wildman–Crippen MR) is 152 cm³/mol. The molecule has 1 unspecified atom stereocenters. The summed E-state index contributed by atoms with van der Waals surface area (Å²) in [5.74, 6) is 0.172. The first-order chi connectivity index (χ1) is 17.3. The van der Waals surface area contributed by atoms with E-state index in [-0.39, 0.29) is 11.3 Å². The number of likely N-dealkylation sites (tertiary alicyclic amines) is 1. The van der Waals surface area contributed by atoms with Crippen molar-refractivity contribution in [2.45, 2.75) is 77.3 Å². The van der Waals surface area contributed by atoms with Crippen molar-refractivity contribution < 1.29 is 4.79 Å². The van der Waals surface area contributed by atoms with Crippen LogP contribution in [0.4, 0.5) is 0 Å². The summed E-state index contributed by atoms with van der Waals surface area (Å²) in [6.45, 7) is 18.0. The van der Waals surface area contributed by atoms with Crippen LogP contribution in [-0.2, 0) is 11.8 Å². The molecule has 0 radical (unpaired) electrons. The number of carbonyl (C=O) groups is 1. The van der Waals surface area contributed by atoms with Gasteiger partial charge in [-0.3, -0.25) is 9.79 Å². The molecule has 1 aromatic rings. The fourth-order valence-corrected chi connectivity index (χ4v) is 5.81. The average molecular weight is 484 g/mol. The molecule has 2 atom stereocenters. The van der Waals surface area contributed by atoms with Gasteiger partial charge in [0.25, 0.3) is 5.91 Å². The van der Waals surface area contributed by atoms with Crippen molar-refractivity contribution >= 4 is 11.6 Å². The smallest absolute Gasteiger partial charge is 0.254 e. The molecule has 4 rings (SSSR count). The molecule has 2 heterocycles. The SMILES string of the molecule is C=C\C=C(C)/C=C(C)/C(C=C)=C/N=C(C)Cc1cc(C(=O)N2C[C@@H]3CC2CN3)ccc1C1(CC)CC1. The minimum atomic E-state index is 0.172. The number of benzene rings is 1. The summed E-state index contributed by atoms with van der Waals surface area (Å²) in [7, 11) is 0. The van der Waals surface area contributed by atoms with E-state index < -0.39 is 0 Å². The van der Waals surface area contributed by atoms with Crippen LogP contribution in [0.3, 0.4) is 0 Å². The molecule has 1 N–H and O–H groups in total. The third-order valence-electron chi connectivity index (χ3n) is 8.14. The van der Waals surface area contributed by atoms with E-state index in [9.17, 15) is 4.79 Å². The van der Waals surface area contributed by atoms with Crippen molar-refractivity contribution in [1.82, 2.24) is 10.2 Å². The predicted octanol–water partition coefficient (Wildman–Crippen LogP) is 6.47. The molecule has 36 heavy (non-hydrogen) atoms. The van der Waals surface area contributed by atoms with Gasteiger partial charge in [0, 0.05) is 49.1 Å². The van der Waals surface area contributed by atoms with E-state index in [1.54, 1.807) is 6.08 Å². The highest BCUT2D eigenvalue weighted by molar-refractivity contribution is 5.95. The van der Waals surface area contributed by atoms with Gasteiger partial charge in [0.2, 0.25) is 0 Å². The first-order valence-electron chi connectivity index (χ1n) is 13.3.